The second-order valence-corrected chi connectivity index (χ2v) is 5.34. The number of hydrogen-bond acceptors (Lipinski definition) is 5. The highest BCUT2D eigenvalue weighted by Crippen LogP contribution is 2.28. The lowest BCUT2D eigenvalue weighted by molar-refractivity contribution is -0.125. The lowest BCUT2D eigenvalue weighted by Crippen LogP contribution is -2.26. The summed E-state index contributed by atoms with van der Waals surface area (Å²) in [5.74, 6) is 0.368. The van der Waals surface area contributed by atoms with Gasteiger partial charge < -0.3 is 19.6 Å². The molecule has 108 valence electrons. The molecule has 0 unspecified atom stereocenters. The Bertz CT molecular complexity index is 535. The molecule has 2 heterocycles. The molecule has 0 aliphatic heterocycles. The van der Waals surface area contributed by atoms with Crippen LogP contribution in [-0.2, 0) is 16.1 Å². The zero-order valence-electron chi connectivity index (χ0n) is 11.2. The smallest absolute Gasteiger partial charge is 0.246 e. The highest BCUT2D eigenvalue weighted by Gasteiger charge is 2.15. The number of carbonyl (C=O) groups is 1. The van der Waals surface area contributed by atoms with Crippen molar-refractivity contribution in [1.82, 2.24) is 5.32 Å². The molecule has 20 heavy (non-hydrogen) atoms. The summed E-state index contributed by atoms with van der Waals surface area (Å²) >= 11 is 1.44. The van der Waals surface area contributed by atoms with Crippen LogP contribution in [0.25, 0.3) is 0 Å². The molecule has 0 saturated carbocycles. The van der Waals surface area contributed by atoms with Crippen molar-refractivity contribution in [3.8, 4) is 0 Å². The summed E-state index contributed by atoms with van der Waals surface area (Å²) in [6.07, 6.45) is 0.768. The fraction of sp³-hybridized carbons (Fsp3) is 0.357. The van der Waals surface area contributed by atoms with E-state index in [2.05, 4.69) is 5.32 Å². The first-order valence-corrected chi connectivity index (χ1v) is 7.17. The number of amides is 1. The van der Waals surface area contributed by atoms with E-state index in [0.717, 1.165) is 9.75 Å². The number of aliphatic hydroxyl groups is 1. The molecule has 0 radical (unpaired) electrons. The molecule has 0 aromatic carbocycles. The number of rotatable bonds is 7. The Morgan fingerprint density at radius 2 is 2.35 bits per heavy atom. The number of ether oxygens (including phenoxy) is 1. The van der Waals surface area contributed by atoms with E-state index in [9.17, 15) is 9.90 Å². The summed E-state index contributed by atoms with van der Waals surface area (Å²) < 4.78 is 10.2. The van der Waals surface area contributed by atoms with Gasteiger partial charge in [0, 0.05) is 16.4 Å². The van der Waals surface area contributed by atoms with Gasteiger partial charge in [0.05, 0.1) is 12.8 Å². The van der Waals surface area contributed by atoms with Gasteiger partial charge in [-0.2, -0.15) is 0 Å². The Hall–Kier alpha value is -1.63. The van der Waals surface area contributed by atoms with Crippen molar-refractivity contribution in [1.29, 1.82) is 0 Å². The molecule has 0 saturated heterocycles. The number of aliphatic hydroxyl groups excluding tert-OH is 1. The lowest BCUT2D eigenvalue weighted by atomic mass is 10.2. The maximum Gasteiger partial charge on any atom is 0.246 e. The third-order valence-corrected chi connectivity index (χ3v) is 3.80. The topological polar surface area (TPSA) is 71.7 Å². The second-order valence-electron chi connectivity index (χ2n) is 4.14. The van der Waals surface area contributed by atoms with E-state index < -0.39 is 6.10 Å². The van der Waals surface area contributed by atoms with Gasteiger partial charge in [0.2, 0.25) is 5.91 Å². The van der Waals surface area contributed by atoms with Gasteiger partial charge in [-0.25, -0.2) is 0 Å². The fourth-order valence-corrected chi connectivity index (χ4v) is 2.60. The minimum atomic E-state index is -0.761. The minimum Gasteiger partial charge on any atom is -0.466 e. The molecule has 0 aliphatic carbocycles. The average molecular weight is 295 g/mol. The Balaban J connectivity index is 1.88. The Morgan fingerprint density at radius 3 is 3.05 bits per heavy atom. The van der Waals surface area contributed by atoms with Crippen molar-refractivity contribution < 1.29 is 19.1 Å². The van der Waals surface area contributed by atoms with Crippen LogP contribution in [0.5, 0.6) is 0 Å². The molecule has 1 amide bonds. The van der Waals surface area contributed by atoms with Crippen LogP contribution in [-0.4, -0.2) is 24.2 Å². The largest absolute Gasteiger partial charge is 0.466 e. The number of furan rings is 1. The monoisotopic (exact) mass is 295 g/mol. The van der Waals surface area contributed by atoms with E-state index in [4.69, 9.17) is 9.15 Å². The van der Waals surface area contributed by atoms with Crippen molar-refractivity contribution >= 4 is 17.2 Å². The normalized spacial score (nSPS) is 12.3. The number of thiophene rings is 1. The van der Waals surface area contributed by atoms with Crippen molar-refractivity contribution in [3.05, 3.63) is 46.0 Å². The molecule has 0 aliphatic rings. The highest BCUT2D eigenvalue weighted by atomic mass is 32.1. The Kier molecular flexibility index (Phi) is 5.34. The zero-order valence-corrected chi connectivity index (χ0v) is 12.0. The quantitative estimate of drug-likeness (QED) is 0.820. The molecule has 2 rings (SSSR count). The SMILES string of the molecule is CCOCC(=O)NCc1ccc([C@H](O)c2ccco2)s1. The third-order valence-electron chi connectivity index (χ3n) is 2.66. The molecular weight excluding hydrogens is 278 g/mol. The predicted octanol–water partition coefficient (Wildman–Crippen LogP) is 2.08. The minimum absolute atomic E-state index is 0.0732. The van der Waals surface area contributed by atoms with E-state index in [1.165, 1.54) is 17.6 Å². The van der Waals surface area contributed by atoms with Crippen LogP contribution in [0, 0.1) is 0 Å². The molecule has 0 fully saturated rings. The summed E-state index contributed by atoms with van der Waals surface area (Å²) in [4.78, 5) is 13.2. The van der Waals surface area contributed by atoms with Crippen LogP contribution in [0.2, 0.25) is 0 Å². The van der Waals surface area contributed by atoms with Crippen LogP contribution < -0.4 is 5.32 Å². The van der Waals surface area contributed by atoms with Crippen molar-refractivity contribution in [2.75, 3.05) is 13.2 Å². The average Bonchev–Trinajstić information content (AvgIpc) is 3.12. The first-order chi connectivity index (χ1) is 9.70. The van der Waals surface area contributed by atoms with Crippen LogP contribution in [0.1, 0.15) is 28.5 Å². The molecule has 2 N–H and O–H groups in total. The van der Waals surface area contributed by atoms with Crippen molar-refractivity contribution in [2.24, 2.45) is 0 Å². The van der Waals surface area contributed by atoms with E-state index in [-0.39, 0.29) is 12.5 Å². The number of nitrogens with one attached hydrogen (secondary N) is 1. The van der Waals surface area contributed by atoms with Gasteiger partial charge in [0.1, 0.15) is 18.5 Å². The summed E-state index contributed by atoms with van der Waals surface area (Å²) in [6.45, 7) is 2.87. The van der Waals surface area contributed by atoms with Gasteiger partial charge in [0.15, 0.2) is 0 Å². The number of carbonyl (C=O) groups excluding carboxylic acids is 1. The summed E-state index contributed by atoms with van der Waals surface area (Å²) in [5, 5.41) is 12.9. The maximum absolute atomic E-state index is 11.4. The van der Waals surface area contributed by atoms with Gasteiger partial charge >= 0.3 is 0 Å². The molecule has 0 bridgehead atoms. The highest BCUT2D eigenvalue weighted by molar-refractivity contribution is 7.12. The molecule has 2 aromatic rings. The second kappa shape index (κ2) is 7.23. The van der Waals surface area contributed by atoms with Crippen molar-refractivity contribution in [2.45, 2.75) is 19.6 Å². The van der Waals surface area contributed by atoms with Crippen LogP contribution in [0.15, 0.2) is 34.9 Å². The van der Waals surface area contributed by atoms with E-state index in [1.807, 2.05) is 19.1 Å². The molecule has 1 atom stereocenters. The zero-order chi connectivity index (χ0) is 14.4. The van der Waals surface area contributed by atoms with E-state index in [1.54, 1.807) is 12.1 Å². The molecule has 5 nitrogen and oxygen atoms in total. The van der Waals surface area contributed by atoms with Gasteiger partial charge in [-0.05, 0) is 31.2 Å². The van der Waals surface area contributed by atoms with Gasteiger partial charge in [-0.3, -0.25) is 4.79 Å². The summed E-state index contributed by atoms with van der Waals surface area (Å²) in [5.41, 5.74) is 0. The summed E-state index contributed by atoms with van der Waals surface area (Å²) in [7, 11) is 0. The van der Waals surface area contributed by atoms with Crippen molar-refractivity contribution in [3.63, 3.8) is 0 Å². The van der Waals surface area contributed by atoms with Gasteiger partial charge in [-0.1, -0.05) is 0 Å². The fourth-order valence-electron chi connectivity index (χ4n) is 1.66. The van der Waals surface area contributed by atoms with Crippen LogP contribution in [0.4, 0.5) is 0 Å². The van der Waals surface area contributed by atoms with Gasteiger partial charge in [0.25, 0.3) is 0 Å². The molecular formula is C14H17NO4S. The summed E-state index contributed by atoms with van der Waals surface area (Å²) in [6, 6.07) is 7.18. The Morgan fingerprint density at radius 1 is 1.50 bits per heavy atom. The standard InChI is InChI=1S/C14H17NO4S/c1-2-18-9-13(16)15-8-10-5-6-12(20-10)14(17)11-4-3-7-19-11/h3-7,14,17H,2,8-9H2,1H3,(H,15,16)/t14-/m1/s1. The molecule has 0 spiro atoms. The van der Waals surface area contributed by atoms with E-state index >= 15 is 0 Å². The molecule has 6 heteroatoms. The Labute approximate surface area is 121 Å². The number of hydrogen-bond donors (Lipinski definition) is 2. The predicted molar refractivity (Wildman–Crippen MR) is 75.4 cm³/mol. The van der Waals surface area contributed by atoms with E-state index in [0.29, 0.717) is 18.9 Å². The van der Waals surface area contributed by atoms with Crippen LogP contribution in [0.3, 0.4) is 0 Å². The lowest BCUT2D eigenvalue weighted by Gasteiger charge is -2.05. The molecule has 2 aromatic heterocycles. The first kappa shape index (κ1) is 14.8. The van der Waals surface area contributed by atoms with Crippen LogP contribution >= 0.6 is 11.3 Å². The maximum atomic E-state index is 11.4. The first-order valence-electron chi connectivity index (χ1n) is 6.35. The third kappa shape index (κ3) is 3.93. The van der Waals surface area contributed by atoms with Gasteiger partial charge in [-0.15, -0.1) is 11.3 Å².